The Morgan fingerprint density at radius 1 is 1.11 bits per heavy atom. The van der Waals surface area contributed by atoms with E-state index in [2.05, 4.69) is 10.9 Å². The summed E-state index contributed by atoms with van der Waals surface area (Å²) in [6.07, 6.45) is 4.11. The van der Waals surface area contributed by atoms with Gasteiger partial charge in [-0.2, -0.15) is 4.31 Å². The Morgan fingerprint density at radius 3 is 2.48 bits per heavy atom. The van der Waals surface area contributed by atoms with Gasteiger partial charge in [-0.3, -0.25) is 20.4 Å². The van der Waals surface area contributed by atoms with Crippen LogP contribution in [0.15, 0.2) is 58.1 Å². The summed E-state index contributed by atoms with van der Waals surface area (Å²) in [6, 6.07) is 8.98. The maximum Gasteiger partial charge on any atom is 0.269 e. The lowest BCUT2D eigenvalue weighted by Crippen LogP contribution is -2.40. The molecule has 9 heteroatoms. The average molecular weight is 391 g/mol. The molecule has 0 spiro atoms. The molecule has 0 aliphatic heterocycles. The van der Waals surface area contributed by atoms with Crippen molar-refractivity contribution < 1.29 is 22.4 Å². The molecule has 0 aliphatic rings. The number of sulfonamides is 1. The van der Waals surface area contributed by atoms with Gasteiger partial charge in [0, 0.05) is 24.7 Å². The number of hydrogen-bond acceptors (Lipinski definition) is 5. The standard InChI is InChI=1S/C18H21N3O5S/c1-3-21(4-2)27(24,25)16-9-5-7-14(13-16)18(23)20-19-17(22)11-10-15-8-6-12-26-15/h5-13H,3-4H2,1-2H3,(H,19,22)(H,20,23)/b11-10+. The van der Waals surface area contributed by atoms with E-state index in [-0.39, 0.29) is 10.5 Å². The van der Waals surface area contributed by atoms with Gasteiger partial charge >= 0.3 is 0 Å². The van der Waals surface area contributed by atoms with Gasteiger partial charge in [0.25, 0.3) is 11.8 Å². The number of furan rings is 1. The number of amides is 2. The van der Waals surface area contributed by atoms with Crippen LogP contribution in [0.25, 0.3) is 6.08 Å². The molecule has 1 heterocycles. The summed E-state index contributed by atoms with van der Waals surface area (Å²) in [6.45, 7) is 4.13. The van der Waals surface area contributed by atoms with Gasteiger partial charge in [-0.25, -0.2) is 8.42 Å². The van der Waals surface area contributed by atoms with Crippen LogP contribution in [0.1, 0.15) is 30.0 Å². The van der Waals surface area contributed by atoms with Crippen molar-refractivity contribution >= 4 is 27.9 Å². The number of nitrogens with one attached hydrogen (secondary N) is 2. The molecule has 0 atom stereocenters. The van der Waals surface area contributed by atoms with Crippen molar-refractivity contribution in [1.82, 2.24) is 15.2 Å². The summed E-state index contributed by atoms with van der Waals surface area (Å²) in [5.41, 5.74) is 4.57. The van der Waals surface area contributed by atoms with Gasteiger partial charge in [0.2, 0.25) is 10.0 Å². The zero-order valence-electron chi connectivity index (χ0n) is 15.0. The second-order valence-corrected chi connectivity index (χ2v) is 7.35. The van der Waals surface area contributed by atoms with E-state index in [4.69, 9.17) is 4.42 Å². The summed E-state index contributed by atoms with van der Waals surface area (Å²) in [7, 11) is -3.68. The summed E-state index contributed by atoms with van der Waals surface area (Å²) < 4.78 is 31.4. The van der Waals surface area contributed by atoms with Gasteiger partial charge in [0.1, 0.15) is 5.76 Å². The molecule has 2 aromatic rings. The highest BCUT2D eigenvalue weighted by molar-refractivity contribution is 7.89. The molecular weight excluding hydrogens is 370 g/mol. The molecule has 0 bridgehead atoms. The van der Waals surface area contributed by atoms with Gasteiger partial charge in [-0.15, -0.1) is 0 Å². The number of nitrogens with zero attached hydrogens (tertiary/aromatic N) is 1. The fourth-order valence-corrected chi connectivity index (χ4v) is 3.79. The van der Waals surface area contributed by atoms with Crippen molar-refractivity contribution in [2.24, 2.45) is 0 Å². The van der Waals surface area contributed by atoms with E-state index >= 15 is 0 Å². The molecule has 0 radical (unpaired) electrons. The van der Waals surface area contributed by atoms with Gasteiger partial charge < -0.3 is 4.42 Å². The smallest absolute Gasteiger partial charge is 0.269 e. The van der Waals surface area contributed by atoms with Gasteiger partial charge in [-0.1, -0.05) is 19.9 Å². The third-order valence-electron chi connectivity index (χ3n) is 3.68. The fraction of sp³-hybridized carbons (Fsp3) is 0.222. The molecule has 144 valence electrons. The summed E-state index contributed by atoms with van der Waals surface area (Å²) >= 11 is 0. The zero-order chi connectivity index (χ0) is 19.9. The van der Waals surface area contributed by atoms with E-state index in [9.17, 15) is 18.0 Å². The molecule has 2 N–H and O–H groups in total. The molecule has 8 nitrogen and oxygen atoms in total. The van der Waals surface area contributed by atoms with E-state index in [0.29, 0.717) is 18.8 Å². The summed E-state index contributed by atoms with van der Waals surface area (Å²) in [5.74, 6) is -0.705. The molecule has 0 fully saturated rings. The Bertz CT molecular complexity index is 916. The monoisotopic (exact) mass is 391 g/mol. The van der Waals surface area contributed by atoms with Crippen molar-refractivity contribution in [3.8, 4) is 0 Å². The molecular formula is C18H21N3O5S. The quantitative estimate of drug-likeness (QED) is 0.552. The number of carbonyl (C=O) groups is 2. The third-order valence-corrected chi connectivity index (χ3v) is 5.73. The van der Waals surface area contributed by atoms with Crippen LogP contribution in [0.3, 0.4) is 0 Å². The van der Waals surface area contributed by atoms with E-state index in [0.717, 1.165) is 0 Å². The molecule has 0 saturated heterocycles. The Kier molecular flexibility index (Phi) is 6.91. The van der Waals surface area contributed by atoms with E-state index in [1.165, 1.54) is 47.0 Å². The molecule has 27 heavy (non-hydrogen) atoms. The molecule has 2 amide bonds. The minimum absolute atomic E-state index is 0.0166. The maximum atomic E-state index is 12.5. The largest absolute Gasteiger partial charge is 0.465 e. The highest BCUT2D eigenvalue weighted by atomic mass is 32.2. The Labute approximate surface area is 157 Å². The number of hydrogen-bond donors (Lipinski definition) is 2. The van der Waals surface area contributed by atoms with Crippen LogP contribution >= 0.6 is 0 Å². The van der Waals surface area contributed by atoms with Crippen molar-refractivity contribution in [3.05, 3.63) is 60.1 Å². The molecule has 1 aromatic carbocycles. The Hall–Kier alpha value is -2.91. The lowest BCUT2D eigenvalue weighted by atomic mass is 10.2. The molecule has 0 unspecified atom stereocenters. The Balaban J connectivity index is 2.04. The molecule has 2 rings (SSSR count). The van der Waals surface area contributed by atoms with Crippen molar-refractivity contribution in [2.45, 2.75) is 18.7 Å². The highest BCUT2D eigenvalue weighted by Gasteiger charge is 2.22. The summed E-state index contributed by atoms with van der Waals surface area (Å²) in [5, 5.41) is 0. The number of carbonyl (C=O) groups excluding carboxylic acids is 2. The SMILES string of the molecule is CCN(CC)S(=O)(=O)c1cccc(C(=O)NNC(=O)/C=C/c2ccco2)c1. The van der Waals surface area contributed by atoms with Gasteiger partial charge in [0.15, 0.2) is 0 Å². The maximum absolute atomic E-state index is 12.5. The van der Waals surface area contributed by atoms with Crippen LogP contribution in [0.5, 0.6) is 0 Å². The van der Waals surface area contributed by atoms with Crippen LogP contribution in [-0.4, -0.2) is 37.6 Å². The first-order valence-electron chi connectivity index (χ1n) is 8.30. The van der Waals surface area contributed by atoms with Crippen LogP contribution in [0.2, 0.25) is 0 Å². The number of rotatable bonds is 7. The molecule has 0 saturated carbocycles. The average Bonchev–Trinajstić information content (AvgIpc) is 3.19. The predicted octanol–water partition coefficient (Wildman–Crippen LogP) is 1.78. The van der Waals surface area contributed by atoms with Gasteiger partial charge in [-0.05, 0) is 36.4 Å². The van der Waals surface area contributed by atoms with Gasteiger partial charge in [0.05, 0.1) is 11.2 Å². The number of benzene rings is 1. The first kappa shape index (κ1) is 20.4. The zero-order valence-corrected chi connectivity index (χ0v) is 15.8. The lowest BCUT2D eigenvalue weighted by Gasteiger charge is -2.18. The van der Waals surface area contributed by atoms with E-state index in [1.807, 2.05) is 0 Å². The molecule has 1 aromatic heterocycles. The van der Waals surface area contributed by atoms with Crippen LogP contribution < -0.4 is 10.9 Å². The first-order chi connectivity index (χ1) is 12.9. The fourth-order valence-electron chi connectivity index (χ4n) is 2.29. The minimum Gasteiger partial charge on any atom is -0.465 e. The van der Waals surface area contributed by atoms with Crippen molar-refractivity contribution in [3.63, 3.8) is 0 Å². The second kappa shape index (κ2) is 9.15. The minimum atomic E-state index is -3.68. The topological polar surface area (TPSA) is 109 Å². The van der Waals surface area contributed by atoms with Crippen LogP contribution in [0.4, 0.5) is 0 Å². The molecule has 0 aliphatic carbocycles. The van der Waals surface area contributed by atoms with Crippen LogP contribution in [-0.2, 0) is 14.8 Å². The normalized spacial score (nSPS) is 11.7. The lowest BCUT2D eigenvalue weighted by molar-refractivity contribution is -0.117. The highest BCUT2D eigenvalue weighted by Crippen LogP contribution is 2.16. The second-order valence-electron chi connectivity index (χ2n) is 5.41. The van der Waals surface area contributed by atoms with Crippen molar-refractivity contribution in [1.29, 1.82) is 0 Å². The van der Waals surface area contributed by atoms with E-state index in [1.54, 1.807) is 26.0 Å². The number of hydrazine groups is 1. The first-order valence-corrected chi connectivity index (χ1v) is 9.74. The third kappa shape index (κ3) is 5.28. The predicted molar refractivity (Wildman–Crippen MR) is 99.9 cm³/mol. The van der Waals surface area contributed by atoms with Crippen LogP contribution in [0, 0.1) is 0 Å². The Morgan fingerprint density at radius 2 is 1.85 bits per heavy atom. The van der Waals surface area contributed by atoms with Crippen molar-refractivity contribution in [2.75, 3.05) is 13.1 Å². The van der Waals surface area contributed by atoms with E-state index < -0.39 is 21.8 Å². The summed E-state index contributed by atoms with van der Waals surface area (Å²) in [4.78, 5) is 23.9.